The smallest absolute Gasteiger partial charge is 0.197 e. The van der Waals surface area contributed by atoms with Gasteiger partial charge in [-0.15, -0.1) is 0 Å². The zero-order valence-corrected chi connectivity index (χ0v) is 13.0. The Morgan fingerprint density at radius 2 is 1.68 bits per heavy atom. The molecule has 0 unspecified atom stereocenters. The second-order valence-corrected chi connectivity index (χ2v) is 5.80. The summed E-state index contributed by atoms with van der Waals surface area (Å²) < 4.78 is 28.5. The van der Waals surface area contributed by atoms with Crippen LogP contribution in [-0.2, 0) is 0 Å². The van der Waals surface area contributed by atoms with Gasteiger partial charge in [0.25, 0.3) is 0 Å². The van der Waals surface area contributed by atoms with Gasteiger partial charge in [0.05, 0.1) is 5.56 Å². The minimum atomic E-state index is -0.726. The summed E-state index contributed by atoms with van der Waals surface area (Å²) in [6, 6.07) is 6.92. The second kappa shape index (κ2) is 5.51. The van der Waals surface area contributed by atoms with E-state index in [4.69, 9.17) is 0 Å². The first-order valence-electron chi connectivity index (χ1n) is 5.35. The molecule has 0 atom stereocenters. The SMILES string of the molecule is Cc1cc(F)c(C(=O)c2cc(Br)ccc2Br)cc1F. The number of aryl methyl sites for hydroxylation is 1. The van der Waals surface area contributed by atoms with E-state index in [0.717, 1.165) is 12.1 Å². The van der Waals surface area contributed by atoms with E-state index in [-0.39, 0.29) is 16.7 Å². The highest BCUT2D eigenvalue weighted by molar-refractivity contribution is 9.11. The molecule has 0 aliphatic rings. The van der Waals surface area contributed by atoms with Crippen LogP contribution in [-0.4, -0.2) is 5.78 Å². The molecular formula is C14H8Br2F2O. The standard InChI is InChI=1S/C14H8Br2F2O/c1-7-4-13(18)10(6-12(7)17)14(19)9-5-8(15)2-3-11(9)16/h2-6H,1H3. The number of hydrogen-bond acceptors (Lipinski definition) is 1. The van der Waals surface area contributed by atoms with Gasteiger partial charge in [-0.25, -0.2) is 8.78 Å². The predicted molar refractivity (Wildman–Crippen MR) is 76.4 cm³/mol. The molecule has 19 heavy (non-hydrogen) atoms. The number of benzene rings is 2. The Bertz CT molecular complexity index is 669. The predicted octanol–water partition coefficient (Wildman–Crippen LogP) is 5.03. The molecule has 98 valence electrons. The van der Waals surface area contributed by atoms with Crippen molar-refractivity contribution in [3.05, 3.63) is 67.6 Å². The molecule has 0 saturated carbocycles. The Morgan fingerprint density at radius 1 is 1.00 bits per heavy atom. The van der Waals surface area contributed by atoms with Crippen LogP contribution in [0.4, 0.5) is 8.78 Å². The topological polar surface area (TPSA) is 17.1 Å². The molecule has 0 aliphatic carbocycles. The molecule has 0 amide bonds. The minimum Gasteiger partial charge on any atom is -0.288 e. The van der Waals surface area contributed by atoms with Gasteiger partial charge >= 0.3 is 0 Å². The van der Waals surface area contributed by atoms with Gasteiger partial charge in [-0.2, -0.15) is 0 Å². The third kappa shape index (κ3) is 2.92. The van der Waals surface area contributed by atoms with E-state index in [2.05, 4.69) is 31.9 Å². The van der Waals surface area contributed by atoms with Crippen LogP contribution in [0.5, 0.6) is 0 Å². The van der Waals surface area contributed by atoms with Crippen molar-refractivity contribution in [3.8, 4) is 0 Å². The number of ketones is 1. The van der Waals surface area contributed by atoms with E-state index in [0.29, 0.717) is 8.95 Å². The maximum Gasteiger partial charge on any atom is 0.197 e. The van der Waals surface area contributed by atoms with Crippen LogP contribution in [0.25, 0.3) is 0 Å². The molecular weight excluding hydrogens is 382 g/mol. The molecule has 0 saturated heterocycles. The number of hydrogen-bond donors (Lipinski definition) is 0. The number of rotatable bonds is 2. The molecule has 0 aromatic heterocycles. The monoisotopic (exact) mass is 388 g/mol. The van der Waals surface area contributed by atoms with Crippen LogP contribution in [0.15, 0.2) is 39.3 Å². The van der Waals surface area contributed by atoms with Crippen molar-refractivity contribution in [2.75, 3.05) is 0 Å². The van der Waals surface area contributed by atoms with Crippen molar-refractivity contribution < 1.29 is 13.6 Å². The van der Waals surface area contributed by atoms with E-state index in [1.807, 2.05) is 0 Å². The van der Waals surface area contributed by atoms with Crippen molar-refractivity contribution in [1.29, 1.82) is 0 Å². The van der Waals surface area contributed by atoms with Gasteiger partial charge in [0.15, 0.2) is 5.78 Å². The van der Waals surface area contributed by atoms with Crippen molar-refractivity contribution in [2.45, 2.75) is 6.92 Å². The molecule has 0 fully saturated rings. The molecule has 2 rings (SSSR count). The fourth-order valence-corrected chi connectivity index (χ4v) is 2.42. The highest BCUT2D eigenvalue weighted by Gasteiger charge is 2.18. The van der Waals surface area contributed by atoms with Crippen LogP contribution in [0.2, 0.25) is 0 Å². The second-order valence-electron chi connectivity index (χ2n) is 4.03. The van der Waals surface area contributed by atoms with Gasteiger partial charge in [0.1, 0.15) is 11.6 Å². The van der Waals surface area contributed by atoms with E-state index in [9.17, 15) is 13.6 Å². The summed E-state index contributed by atoms with van der Waals surface area (Å²) in [6.07, 6.45) is 0. The van der Waals surface area contributed by atoms with Gasteiger partial charge < -0.3 is 0 Å². The summed E-state index contributed by atoms with van der Waals surface area (Å²) in [5.74, 6) is -1.89. The molecule has 0 N–H and O–H groups in total. The molecule has 0 heterocycles. The molecule has 2 aromatic rings. The van der Waals surface area contributed by atoms with Gasteiger partial charge in [-0.3, -0.25) is 4.79 Å². The highest BCUT2D eigenvalue weighted by atomic mass is 79.9. The van der Waals surface area contributed by atoms with Crippen LogP contribution in [0.1, 0.15) is 21.5 Å². The Labute approximate surface area is 125 Å². The lowest BCUT2D eigenvalue weighted by molar-refractivity contribution is 0.103. The summed E-state index contributed by atoms with van der Waals surface area (Å²) >= 11 is 6.47. The zero-order valence-electron chi connectivity index (χ0n) is 9.81. The van der Waals surface area contributed by atoms with E-state index in [1.54, 1.807) is 18.2 Å². The van der Waals surface area contributed by atoms with Gasteiger partial charge in [0.2, 0.25) is 0 Å². The molecule has 5 heteroatoms. The first kappa shape index (κ1) is 14.3. The summed E-state index contributed by atoms with van der Waals surface area (Å²) in [6.45, 7) is 1.45. The summed E-state index contributed by atoms with van der Waals surface area (Å²) in [5.41, 5.74) is 0.167. The normalized spacial score (nSPS) is 10.6. The summed E-state index contributed by atoms with van der Waals surface area (Å²) in [5, 5.41) is 0. The van der Waals surface area contributed by atoms with Gasteiger partial charge in [0, 0.05) is 14.5 Å². The Kier molecular flexibility index (Phi) is 4.16. The van der Waals surface area contributed by atoms with Crippen molar-refractivity contribution >= 4 is 37.6 Å². The average molecular weight is 390 g/mol. The summed E-state index contributed by atoms with van der Waals surface area (Å²) in [7, 11) is 0. The molecule has 0 aliphatic heterocycles. The molecule has 1 nitrogen and oxygen atoms in total. The molecule has 2 aromatic carbocycles. The third-order valence-corrected chi connectivity index (χ3v) is 3.85. The zero-order chi connectivity index (χ0) is 14.2. The molecule has 0 bridgehead atoms. The summed E-state index contributed by atoms with van der Waals surface area (Å²) in [4.78, 5) is 12.2. The number of halogens is 4. The van der Waals surface area contributed by atoms with Crippen LogP contribution >= 0.6 is 31.9 Å². The lowest BCUT2D eigenvalue weighted by Crippen LogP contribution is -2.07. The highest BCUT2D eigenvalue weighted by Crippen LogP contribution is 2.26. The van der Waals surface area contributed by atoms with E-state index < -0.39 is 17.4 Å². The van der Waals surface area contributed by atoms with E-state index in [1.165, 1.54) is 6.92 Å². The van der Waals surface area contributed by atoms with Crippen LogP contribution in [0, 0.1) is 18.6 Å². The average Bonchev–Trinajstić information content (AvgIpc) is 2.36. The fraction of sp³-hybridized carbons (Fsp3) is 0.0714. The Morgan fingerprint density at radius 3 is 2.37 bits per heavy atom. The fourth-order valence-electron chi connectivity index (χ4n) is 1.64. The van der Waals surface area contributed by atoms with Gasteiger partial charge in [-0.1, -0.05) is 31.9 Å². The van der Waals surface area contributed by atoms with Crippen molar-refractivity contribution in [3.63, 3.8) is 0 Å². The molecule has 0 spiro atoms. The first-order valence-corrected chi connectivity index (χ1v) is 6.94. The van der Waals surface area contributed by atoms with Crippen LogP contribution in [0.3, 0.4) is 0 Å². The van der Waals surface area contributed by atoms with Gasteiger partial charge in [-0.05, 0) is 42.8 Å². The minimum absolute atomic E-state index is 0.169. The van der Waals surface area contributed by atoms with Crippen molar-refractivity contribution in [1.82, 2.24) is 0 Å². The quantitative estimate of drug-likeness (QED) is 0.658. The maximum absolute atomic E-state index is 13.8. The molecule has 0 radical (unpaired) electrons. The van der Waals surface area contributed by atoms with Crippen molar-refractivity contribution in [2.24, 2.45) is 0 Å². The van der Waals surface area contributed by atoms with Crippen LogP contribution < -0.4 is 0 Å². The Balaban J connectivity index is 2.56. The Hall–Kier alpha value is -1.07. The lowest BCUT2D eigenvalue weighted by atomic mass is 10.0. The largest absolute Gasteiger partial charge is 0.288 e. The number of carbonyl (C=O) groups excluding carboxylic acids is 1. The number of carbonyl (C=O) groups is 1. The first-order chi connectivity index (χ1) is 8.90. The third-order valence-electron chi connectivity index (χ3n) is 2.67. The maximum atomic E-state index is 13.8. The van der Waals surface area contributed by atoms with E-state index >= 15 is 0 Å². The lowest BCUT2D eigenvalue weighted by Gasteiger charge is -2.07.